The summed E-state index contributed by atoms with van der Waals surface area (Å²) in [5.74, 6) is -0.858. The van der Waals surface area contributed by atoms with Gasteiger partial charge in [0.25, 0.3) is 10.0 Å². The standard InChI is InChI=1S/C31H37Cl2N3O4S/c1-6-23(5)34-31(38)29(7-2)35(19-24-14-15-25(32)18-28(24)33)30(37)20-36(26-16-13-21(3)22(4)17-26)41(39,40)27-11-9-8-10-12-27/h8-18,23,29H,6-7,19-20H2,1-5H3,(H,34,38). The maximum atomic E-state index is 14.2. The number of anilines is 1. The van der Waals surface area contributed by atoms with E-state index in [1.807, 2.05) is 40.7 Å². The van der Waals surface area contributed by atoms with Gasteiger partial charge in [0.2, 0.25) is 11.8 Å². The number of hydrogen-bond donors (Lipinski definition) is 1. The molecule has 0 saturated carbocycles. The molecule has 2 amide bonds. The molecule has 10 heteroatoms. The van der Waals surface area contributed by atoms with Crippen molar-refractivity contribution in [3.63, 3.8) is 0 Å². The molecular weight excluding hydrogens is 581 g/mol. The second kappa shape index (κ2) is 14.2. The monoisotopic (exact) mass is 617 g/mol. The number of rotatable bonds is 12. The van der Waals surface area contributed by atoms with E-state index in [9.17, 15) is 18.0 Å². The van der Waals surface area contributed by atoms with E-state index >= 15 is 0 Å². The van der Waals surface area contributed by atoms with E-state index < -0.39 is 28.5 Å². The highest BCUT2D eigenvalue weighted by Crippen LogP contribution is 2.28. The van der Waals surface area contributed by atoms with Crippen molar-refractivity contribution in [3.05, 3.63) is 93.5 Å². The number of hydrogen-bond acceptors (Lipinski definition) is 4. The Morgan fingerprint density at radius 3 is 2.17 bits per heavy atom. The summed E-state index contributed by atoms with van der Waals surface area (Å²) in [6, 6.07) is 17.2. The minimum atomic E-state index is -4.13. The smallest absolute Gasteiger partial charge is 0.264 e. The zero-order valence-electron chi connectivity index (χ0n) is 24.0. The predicted molar refractivity (Wildman–Crippen MR) is 166 cm³/mol. The molecule has 41 heavy (non-hydrogen) atoms. The molecule has 2 atom stereocenters. The first-order valence-electron chi connectivity index (χ1n) is 13.6. The number of nitrogens with zero attached hydrogens (tertiary/aromatic N) is 2. The minimum Gasteiger partial charge on any atom is -0.352 e. The average Bonchev–Trinajstić information content (AvgIpc) is 2.94. The summed E-state index contributed by atoms with van der Waals surface area (Å²) < 4.78 is 29.0. The molecule has 0 radical (unpaired) electrons. The second-order valence-electron chi connectivity index (χ2n) is 10.1. The molecule has 0 heterocycles. The van der Waals surface area contributed by atoms with Crippen LogP contribution in [0.25, 0.3) is 0 Å². The number of amides is 2. The Kier molecular flexibility index (Phi) is 11.2. The van der Waals surface area contributed by atoms with Crippen LogP contribution in [-0.2, 0) is 26.2 Å². The lowest BCUT2D eigenvalue weighted by Gasteiger charge is -2.34. The maximum absolute atomic E-state index is 14.2. The van der Waals surface area contributed by atoms with Crippen molar-refractivity contribution in [2.24, 2.45) is 0 Å². The molecule has 3 aromatic rings. The van der Waals surface area contributed by atoms with E-state index in [1.54, 1.807) is 48.5 Å². The summed E-state index contributed by atoms with van der Waals surface area (Å²) in [6.07, 6.45) is 1.03. The van der Waals surface area contributed by atoms with Gasteiger partial charge in [-0.3, -0.25) is 13.9 Å². The Bertz CT molecular complexity index is 1480. The van der Waals surface area contributed by atoms with Gasteiger partial charge in [0.15, 0.2) is 0 Å². The molecule has 0 saturated heterocycles. The van der Waals surface area contributed by atoms with E-state index in [1.165, 1.54) is 17.0 Å². The molecule has 0 aliphatic carbocycles. The lowest BCUT2D eigenvalue weighted by Crippen LogP contribution is -2.53. The van der Waals surface area contributed by atoms with Crippen LogP contribution in [0.15, 0.2) is 71.6 Å². The van der Waals surface area contributed by atoms with Crippen LogP contribution in [-0.4, -0.2) is 43.8 Å². The van der Waals surface area contributed by atoms with Crippen molar-refractivity contribution in [1.82, 2.24) is 10.2 Å². The molecule has 0 aliphatic heterocycles. The third-order valence-corrected chi connectivity index (χ3v) is 9.51. The Morgan fingerprint density at radius 1 is 0.902 bits per heavy atom. The number of carbonyl (C=O) groups is 2. The van der Waals surface area contributed by atoms with Crippen LogP contribution in [0.2, 0.25) is 10.0 Å². The van der Waals surface area contributed by atoms with Gasteiger partial charge in [0.05, 0.1) is 10.6 Å². The molecule has 7 nitrogen and oxygen atoms in total. The fraction of sp³-hybridized carbons (Fsp3) is 0.355. The quantitative estimate of drug-likeness (QED) is 0.250. The second-order valence-corrected chi connectivity index (χ2v) is 12.8. The van der Waals surface area contributed by atoms with Crippen LogP contribution in [0.5, 0.6) is 0 Å². The highest BCUT2D eigenvalue weighted by molar-refractivity contribution is 7.92. The normalized spacial score (nSPS) is 12.9. The van der Waals surface area contributed by atoms with E-state index in [0.29, 0.717) is 27.7 Å². The van der Waals surface area contributed by atoms with E-state index in [4.69, 9.17) is 23.2 Å². The van der Waals surface area contributed by atoms with Gasteiger partial charge in [-0.1, -0.05) is 67.4 Å². The number of halogens is 2. The summed E-state index contributed by atoms with van der Waals surface area (Å²) in [4.78, 5) is 29.0. The molecule has 0 aromatic heterocycles. The lowest BCUT2D eigenvalue weighted by molar-refractivity contribution is -0.140. The van der Waals surface area contributed by atoms with Crippen molar-refractivity contribution in [2.45, 2.75) is 71.0 Å². The molecule has 3 aromatic carbocycles. The summed E-state index contributed by atoms with van der Waals surface area (Å²) in [6.45, 7) is 8.95. The molecule has 0 aliphatic rings. The van der Waals surface area contributed by atoms with E-state index in [-0.39, 0.29) is 23.4 Å². The molecule has 1 N–H and O–H groups in total. The molecule has 3 rings (SSSR count). The summed E-state index contributed by atoms with van der Waals surface area (Å²) >= 11 is 12.6. The van der Waals surface area contributed by atoms with Gasteiger partial charge in [0, 0.05) is 22.6 Å². The van der Waals surface area contributed by atoms with E-state index in [0.717, 1.165) is 21.9 Å². The first-order valence-corrected chi connectivity index (χ1v) is 15.8. The molecule has 220 valence electrons. The Labute approximate surface area is 253 Å². The fourth-order valence-corrected chi connectivity index (χ4v) is 6.22. The first-order chi connectivity index (χ1) is 19.4. The van der Waals surface area contributed by atoms with Gasteiger partial charge < -0.3 is 10.2 Å². The SMILES string of the molecule is CCC(C)NC(=O)C(CC)N(Cc1ccc(Cl)cc1Cl)C(=O)CN(c1ccc(C)c(C)c1)S(=O)(=O)c1ccccc1. The molecule has 0 spiro atoms. The van der Waals surface area contributed by atoms with Crippen molar-refractivity contribution in [1.29, 1.82) is 0 Å². The number of nitrogens with one attached hydrogen (secondary N) is 1. The molecule has 2 unspecified atom stereocenters. The zero-order chi connectivity index (χ0) is 30.3. The van der Waals surface area contributed by atoms with Crippen LogP contribution in [0, 0.1) is 13.8 Å². The number of carbonyl (C=O) groups excluding carboxylic acids is 2. The van der Waals surface area contributed by atoms with Crippen molar-refractivity contribution >= 4 is 50.7 Å². The Hall–Kier alpha value is -3.07. The Morgan fingerprint density at radius 2 is 1.59 bits per heavy atom. The topological polar surface area (TPSA) is 86.8 Å². The fourth-order valence-electron chi connectivity index (χ4n) is 4.32. The zero-order valence-corrected chi connectivity index (χ0v) is 26.4. The number of aryl methyl sites for hydroxylation is 2. The molecular formula is C31H37Cl2N3O4S. The van der Waals surface area contributed by atoms with Gasteiger partial charge in [-0.15, -0.1) is 0 Å². The predicted octanol–water partition coefficient (Wildman–Crippen LogP) is 6.53. The van der Waals surface area contributed by atoms with Crippen molar-refractivity contribution in [2.75, 3.05) is 10.8 Å². The largest absolute Gasteiger partial charge is 0.352 e. The highest BCUT2D eigenvalue weighted by atomic mass is 35.5. The minimum absolute atomic E-state index is 0.00653. The average molecular weight is 619 g/mol. The summed E-state index contributed by atoms with van der Waals surface area (Å²) in [7, 11) is -4.13. The number of sulfonamides is 1. The molecule has 0 bridgehead atoms. The van der Waals surface area contributed by atoms with Crippen molar-refractivity contribution < 1.29 is 18.0 Å². The molecule has 0 fully saturated rings. The van der Waals surface area contributed by atoms with Gasteiger partial charge in [-0.2, -0.15) is 0 Å². The lowest BCUT2D eigenvalue weighted by atomic mass is 10.1. The van der Waals surface area contributed by atoms with E-state index in [2.05, 4.69) is 5.32 Å². The summed E-state index contributed by atoms with van der Waals surface area (Å²) in [5, 5.41) is 3.74. The van der Waals surface area contributed by atoms with Crippen LogP contribution >= 0.6 is 23.2 Å². The van der Waals surface area contributed by atoms with Crippen LogP contribution in [0.3, 0.4) is 0 Å². The van der Waals surface area contributed by atoms with Crippen molar-refractivity contribution in [3.8, 4) is 0 Å². The van der Waals surface area contributed by atoms with Gasteiger partial charge in [-0.05, 0) is 86.7 Å². The summed E-state index contributed by atoms with van der Waals surface area (Å²) in [5.41, 5.74) is 2.81. The van der Waals surface area contributed by atoms with Gasteiger partial charge >= 0.3 is 0 Å². The van der Waals surface area contributed by atoms with Gasteiger partial charge in [0.1, 0.15) is 12.6 Å². The highest BCUT2D eigenvalue weighted by Gasteiger charge is 2.34. The van der Waals surface area contributed by atoms with Gasteiger partial charge in [-0.25, -0.2) is 8.42 Å². The number of benzene rings is 3. The van der Waals surface area contributed by atoms with Crippen LogP contribution in [0.1, 0.15) is 50.3 Å². The third-order valence-electron chi connectivity index (χ3n) is 7.13. The third kappa shape index (κ3) is 8.03. The van der Waals surface area contributed by atoms with Crippen LogP contribution < -0.4 is 9.62 Å². The first kappa shape index (κ1) is 32.4. The maximum Gasteiger partial charge on any atom is 0.264 e. The Balaban J connectivity index is 2.10. The van der Waals surface area contributed by atoms with Crippen LogP contribution in [0.4, 0.5) is 5.69 Å².